The number of carbonyl (C=O) groups excluding carboxylic acids is 1. The molecule has 2 heterocycles. The zero-order valence-electron chi connectivity index (χ0n) is 15.3. The second-order valence-electron chi connectivity index (χ2n) is 8.16. The van der Waals surface area contributed by atoms with Gasteiger partial charge in [-0.15, -0.1) is 0 Å². The molecule has 4 rings (SSSR count). The lowest BCUT2D eigenvalue weighted by Crippen LogP contribution is -2.49. The Bertz CT molecular complexity index is 900. The molecule has 0 unspecified atom stereocenters. The molecule has 5 nitrogen and oxygen atoms in total. The number of pyridine rings is 1. The van der Waals surface area contributed by atoms with Crippen molar-refractivity contribution in [1.82, 2.24) is 9.88 Å². The van der Waals surface area contributed by atoms with Crippen molar-refractivity contribution in [2.24, 2.45) is 11.3 Å². The van der Waals surface area contributed by atoms with E-state index in [1.807, 2.05) is 19.1 Å². The van der Waals surface area contributed by atoms with Gasteiger partial charge < -0.3 is 15.0 Å². The fourth-order valence-electron chi connectivity index (χ4n) is 4.41. The maximum absolute atomic E-state index is 13.1. The van der Waals surface area contributed by atoms with Crippen LogP contribution in [0.4, 0.5) is 0 Å². The van der Waals surface area contributed by atoms with E-state index in [1.54, 1.807) is 17.2 Å². The number of hydrogen-bond donors (Lipinski definition) is 2. The number of nitrogens with zero attached hydrogens (tertiary/aromatic N) is 1. The quantitative estimate of drug-likeness (QED) is 0.887. The molecule has 2 fully saturated rings. The molecule has 0 radical (unpaired) electrons. The van der Waals surface area contributed by atoms with Gasteiger partial charge in [-0.2, -0.15) is 0 Å². The number of aromatic amines is 1. The molecule has 26 heavy (non-hydrogen) atoms. The summed E-state index contributed by atoms with van der Waals surface area (Å²) in [5.41, 5.74) is 1.56. The maximum Gasteiger partial charge on any atom is 0.259 e. The van der Waals surface area contributed by atoms with Gasteiger partial charge in [0.05, 0.1) is 12.1 Å². The van der Waals surface area contributed by atoms with Gasteiger partial charge in [0.1, 0.15) is 5.56 Å². The van der Waals surface area contributed by atoms with Crippen molar-refractivity contribution in [2.75, 3.05) is 19.7 Å². The Labute approximate surface area is 153 Å². The first-order valence-corrected chi connectivity index (χ1v) is 9.54. The van der Waals surface area contributed by atoms with Crippen LogP contribution < -0.4 is 5.43 Å². The first kappa shape index (κ1) is 17.3. The number of piperidine rings is 1. The summed E-state index contributed by atoms with van der Waals surface area (Å²) < 4.78 is 0. The minimum Gasteiger partial charge on any atom is -0.396 e. The number of fused-ring (bicyclic) bond motifs is 1. The fraction of sp³-hybridized carbons (Fsp3) is 0.524. The van der Waals surface area contributed by atoms with Crippen LogP contribution in [-0.4, -0.2) is 40.6 Å². The van der Waals surface area contributed by atoms with Gasteiger partial charge in [0.2, 0.25) is 5.43 Å². The summed E-state index contributed by atoms with van der Waals surface area (Å²) in [6.45, 7) is 3.25. The number of amides is 1. The van der Waals surface area contributed by atoms with Crippen molar-refractivity contribution in [1.29, 1.82) is 0 Å². The number of aliphatic hydroxyl groups is 1. The van der Waals surface area contributed by atoms with Gasteiger partial charge in [-0.3, -0.25) is 9.59 Å². The molecule has 1 aromatic carbocycles. The number of carbonyl (C=O) groups is 1. The van der Waals surface area contributed by atoms with E-state index in [9.17, 15) is 14.7 Å². The summed E-state index contributed by atoms with van der Waals surface area (Å²) in [5, 5.41) is 10.6. The zero-order valence-corrected chi connectivity index (χ0v) is 15.3. The number of aromatic nitrogens is 1. The topological polar surface area (TPSA) is 73.4 Å². The molecule has 1 saturated carbocycles. The van der Waals surface area contributed by atoms with Crippen LogP contribution in [0.15, 0.2) is 29.2 Å². The third kappa shape index (κ3) is 3.05. The zero-order chi connectivity index (χ0) is 18.3. The van der Waals surface area contributed by atoms with E-state index >= 15 is 0 Å². The SMILES string of the molecule is Cc1cccc2c(=O)c(C(=O)N3CCC[C@](CO)(CC4CC4)C3)c[nH]c12. The summed E-state index contributed by atoms with van der Waals surface area (Å²) in [6, 6.07) is 5.55. The first-order chi connectivity index (χ1) is 12.5. The molecule has 1 aliphatic carbocycles. The third-order valence-corrected chi connectivity index (χ3v) is 6.06. The van der Waals surface area contributed by atoms with Gasteiger partial charge in [-0.05, 0) is 43.7 Å². The molecule has 2 N–H and O–H groups in total. The summed E-state index contributed by atoms with van der Waals surface area (Å²) >= 11 is 0. The summed E-state index contributed by atoms with van der Waals surface area (Å²) in [7, 11) is 0. The Hall–Kier alpha value is -2.14. The molecule has 1 aromatic heterocycles. The monoisotopic (exact) mass is 354 g/mol. The van der Waals surface area contributed by atoms with Crippen LogP contribution in [0, 0.1) is 18.3 Å². The van der Waals surface area contributed by atoms with Crippen LogP contribution in [-0.2, 0) is 0 Å². The summed E-state index contributed by atoms with van der Waals surface area (Å²) in [5.74, 6) is 0.479. The Kier molecular flexibility index (Phi) is 4.35. The number of benzene rings is 1. The lowest BCUT2D eigenvalue weighted by atomic mass is 9.76. The van der Waals surface area contributed by atoms with E-state index in [-0.39, 0.29) is 28.9 Å². The second-order valence-corrected chi connectivity index (χ2v) is 8.16. The van der Waals surface area contributed by atoms with Crippen molar-refractivity contribution in [3.63, 3.8) is 0 Å². The number of hydrogen-bond acceptors (Lipinski definition) is 3. The standard InChI is InChI=1S/C21H26N2O3/c1-14-4-2-5-16-18(14)22-11-17(19(16)25)20(26)23-9-3-8-21(12-23,13-24)10-15-6-7-15/h2,4-5,11,15,24H,3,6-10,12-13H2,1H3,(H,22,25)/t21-/m0/s1. The highest BCUT2D eigenvalue weighted by atomic mass is 16.3. The summed E-state index contributed by atoms with van der Waals surface area (Å²) in [6.07, 6.45) is 6.84. The first-order valence-electron chi connectivity index (χ1n) is 9.54. The van der Waals surface area contributed by atoms with E-state index in [4.69, 9.17) is 0 Å². The molecule has 2 aliphatic rings. The van der Waals surface area contributed by atoms with Gasteiger partial charge in [-0.1, -0.05) is 25.0 Å². The van der Waals surface area contributed by atoms with Crippen LogP contribution in [0.1, 0.15) is 48.0 Å². The van der Waals surface area contributed by atoms with Crippen LogP contribution in [0.5, 0.6) is 0 Å². The largest absolute Gasteiger partial charge is 0.396 e. The Morgan fingerprint density at radius 3 is 2.92 bits per heavy atom. The van der Waals surface area contributed by atoms with E-state index < -0.39 is 0 Å². The fourth-order valence-corrected chi connectivity index (χ4v) is 4.41. The Balaban J connectivity index is 1.63. The number of nitrogens with one attached hydrogen (secondary N) is 1. The molecule has 138 valence electrons. The average molecular weight is 354 g/mol. The van der Waals surface area contributed by atoms with E-state index in [1.165, 1.54) is 12.8 Å². The Morgan fingerprint density at radius 1 is 1.38 bits per heavy atom. The van der Waals surface area contributed by atoms with Crippen molar-refractivity contribution < 1.29 is 9.90 Å². The van der Waals surface area contributed by atoms with E-state index in [2.05, 4.69) is 4.98 Å². The molecular weight excluding hydrogens is 328 g/mol. The van der Waals surface area contributed by atoms with Crippen molar-refractivity contribution in [3.05, 3.63) is 45.7 Å². The number of aliphatic hydroxyl groups excluding tert-OH is 1. The highest BCUT2D eigenvalue weighted by Crippen LogP contribution is 2.44. The van der Waals surface area contributed by atoms with E-state index in [0.717, 1.165) is 30.3 Å². The molecule has 1 aliphatic heterocycles. The lowest BCUT2D eigenvalue weighted by molar-refractivity contribution is 0.0195. The maximum atomic E-state index is 13.1. The highest BCUT2D eigenvalue weighted by Gasteiger charge is 2.41. The van der Waals surface area contributed by atoms with Crippen LogP contribution >= 0.6 is 0 Å². The van der Waals surface area contributed by atoms with Gasteiger partial charge >= 0.3 is 0 Å². The summed E-state index contributed by atoms with van der Waals surface area (Å²) in [4.78, 5) is 30.8. The minimum atomic E-state index is -0.219. The molecule has 1 saturated heterocycles. The molecule has 1 atom stereocenters. The van der Waals surface area contributed by atoms with Crippen LogP contribution in [0.2, 0.25) is 0 Å². The third-order valence-electron chi connectivity index (χ3n) is 6.06. The molecule has 2 aromatic rings. The molecule has 0 bridgehead atoms. The van der Waals surface area contributed by atoms with E-state index in [0.29, 0.717) is 24.4 Å². The minimum absolute atomic E-state index is 0.112. The Morgan fingerprint density at radius 2 is 2.19 bits per heavy atom. The molecular formula is C21H26N2O3. The normalized spacial score (nSPS) is 23.4. The highest BCUT2D eigenvalue weighted by molar-refractivity contribution is 5.97. The van der Waals surface area contributed by atoms with Gasteiger partial charge in [-0.25, -0.2) is 0 Å². The van der Waals surface area contributed by atoms with Crippen LogP contribution in [0.25, 0.3) is 10.9 Å². The molecule has 1 amide bonds. The van der Waals surface area contributed by atoms with Crippen molar-refractivity contribution in [3.8, 4) is 0 Å². The molecule has 0 spiro atoms. The number of para-hydroxylation sites is 1. The van der Waals surface area contributed by atoms with Gasteiger partial charge in [0.25, 0.3) is 5.91 Å². The smallest absolute Gasteiger partial charge is 0.259 e. The predicted molar refractivity (Wildman–Crippen MR) is 101 cm³/mol. The van der Waals surface area contributed by atoms with Gasteiger partial charge in [0.15, 0.2) is 0 Å². The van der Waals surface area contributed by atoms with Crippen LogP contribution in [0.3, 0.4) is 0 Å². The van der Waals surface area contributed by atoms with Gasteiger partial charge in [0, 0.05) is 30.1 Å². The van der Waals surface area contributed by atoms with Crippen molar-refractivity contribution in [2.45, 2.75) is 39.0 Å². The molecule has 5 heteroatoms. The average Bonchev–Trinajstić information content (AvgIpc) is 3.46. The predicted octanol–water partition coefficient (Wildman–Crippen LogP) is 2.85. The number of likely N-dealkylation sites (tertiary alicyclic amines) is 1. The second kappa shape index (κ2) is 6.54. The number of rotatable bonds is 4. The number of H-pyrrole nitrogens is 1. The lowest BCUT2D eigenvalue weighted by Gasteiger charge is -2.42. The number of aryl methyl sites for hydroxylation is 1. The van der Waals surface area contributed by atoms with Crippen molar-refractivity contribution >= 4 is 16.8 Å².